The quantitative estimate of drug-likeness (QED) is 0.624. The molecule has 7 heteroatoms. The molecule has 2 heterocycles. The molecule has 0 atom stereocenters. The monoisotopic (exact) mass is 460 g/mol. The SMILES string of the molecule is COC1=C(OC)C(=O)C(c2c(C)ccc(C(=O)N3CCCCC3)c2-c2ccncc2)=C(C)C1=O. The van der Waals surface area contributed by atoms with E-state index in [1.807, 2.05) is 36.1 Å². The summed E-state index contributed by atoms with van der Waals surface area (Å²) in [5.41, 5.74) is 3.65. The lowest BCUT2D eigenvalue weighted by atomic mass is 9.80. The lowest BCUT2D eigenvalue weighted by Gasteiger charge is -2.29. The van der Waals surface area contributed by atoms with Crippen molar-refractivity contribution in [1.82, 2.24) is 9.88 Å². The second-order valence-electron chi connectivity index (χ2n) is 8.49. The maximum absolute atomic E-state index is 13.7. The molecule has 0 spiro atoms. The number of hydrogen-bond donors (Lipinski definition) is 0. The normalized spacial score (nSPS) is 16.8. The van der Waals surface area contributed by atoms with E-state index in [0.717, 1.165) is 30.4 Å². The van der Waals surface area contributed by atoms with Gasteiger partial charge in [-0.2, -0.15) is 0 Å². The molecule has 1 aliphatic carbocycles. The first-order valence-corrected chi connectivity index (χ1v) is 11.4. The second-order valence-corrected chi connectivity index (χ2v) is 8.49. The molecule has 0 N–H and O–H groups in total. The van der Waals surface area contributed by atoms with E-state index >= 15 is 0 Å². The molecule has 0 saturated carbocycles. The molecule has 4 rings (SSSR count). The summed E-state index contributed by atoms with van der Waals surface area (Å²) >= 11 is 0. The van der Waals surface area contributed by atoms with Gasteiger partial charge in [-0.25, -0.2) is 0 Å². The van der Waals surface area contributed by atoms with Crippen molar-refractivity contribution in [3.63, 3.8) is 0 Å². The Morgan fingerprint density at radius 2 is 1.47 bits per heavy atom. The van der Waals surface area contributed by atoms with Crippen LogP contribution in [0.3, 0.4) is 0 Å². The zero-order valence-corrected chi connectivity index (χ0v) is 19.9. The third-order valence-corrected chi connectivity index (χ3v) is 6.48. The highest BCUT2D eigenvalue weighted by atomic mass is 16.5. The van der Waals surface area contributed by atoms with E-state index in [2.05, 4.69) is 4.98 Å². The number of aryl methyl sites for hydroxylation is 1. The summed E-state index contributed by atoms with van der Waals surface area (Å²) in [4.78, 5) is 46.4. The molecule has 176 valence electrons. The fraction of sp³-hybridized carbons (Fsp3) is 0.333. The number of amides is 1. The van der Waals surface area contributed by atoms with Gasteiger partial charge >= 0.3 is 0 Å². The Bertz CT molecular complexity index is 1220. The number of benzene rings is 1. The maximum Gasteiger partial charge on any atom is 0.254 e. The van der Waals surface area contributed by atoms with Gasteiger partial charge in [0.2, 0.25) is 23.1 Å². The van der Waals surface area contributed by atoms with Crippen molar-refractivity contribution in [1.29, 1.82) is 0 Å². The van der Waals surface area contributed by atoms with Crippen molar-refractivity contribution in [2.45, 2.75) is 33.1 Å². The number of ketones is 2. The van der Waals surface area contributed by atoms with Crippen molar-refractivity contribution < 1.29 is 23.9 Å². The summed E-state index contributed by atoms with van der Waals surface area (Å²) in [6.07, 6.45) is 6.34. The zero-order chi connectivity index (χ0) is 24.4. The lowest BCUT2D eigenvalue weighted by molar-refractivity contribution is -0.119. The van der Waals surface area contributed by atoms with Crippen molar-refractivity contribution in [2.24, 2.45) is 0 Å². The minimum absolute atomic E-state index is 0.0827. The summed E-state index contributed by atoms with van der Waals surface area (Å²) in [5, 5.41) is 0. The van der Waals surface area contributed by atoms with Crippen molar-refractivity contribution in [3.05, 3.63) is 70.4 Å². The van der Waals surface area contributed by atoms with Crippen LogP contribution >= 0.6 is 0 Å². The molecule has 0 bridgehead atoms. The van der Waals surface area contributed by atoms with Gasteiger partial charge in [0, 0.05) is 47.8 Å². The third kappa shape index (κ3) is 3.91. The number of rotatable bonds is 5. The number of hydrogen-bond acceptors (Lipinski definition) is 6. The van der Waals surface area contributed by atoms with E-state index in [1.54, 1.807) is 19.3 Å². The highest BCUT2D eigenvalue weighted by Gasteiger charge is 2.38. The Hall–Kier alpha value is -3.74. The molecule has 1 aliphatic heterocycles. The van der Waals surface area contributed by atoms with Gasteiger partial charge in [-0.15, -0.1) is 0 Å². The zero-order valence-electron chi connectivity index (χ0n) is 19.9. The Labute approximate surface area is 199 Å². The summed E-state index contributed by atoms with van der Waals surface area (Å²) < 4.78 is 10.5. The number of aromatic nitrogens is 1. The number of methoxy groups -OCH3 is 2. The summed E-state index contributed by atoms with van der Waals surface area (Å²) in [6.45, 7) is 4.88. The lowest BCUT2D eigenvalue weighted by Crippen LogP contribution is -2.36. The van der Waals surface area contributed by atoms with E-state index in [1.165, 1.54) is 14.2 Å². The fourth-order valence-corrected chi connectivity index (χ4v) is 4.74. The van der Waals surface area contributed by atoms with Crippen LogP contribution in [0.2, 0.25) is 0 Å². The van der Waals surface area contributed by atoms with Gasteiger partial charge in [-0.3, -0.25) is 19.4 Å². The van der Waals surface area contributed by atoms with E-state index in [0.29, 0.717) is 29.8 Å². The van der Waals surface area contributed by atoms with E-state index in [-0.39, 0.29) is 28.6 Å². The first-order chi connectivity index (χ1) is 16.4. The van der Waals surface area contributed by atoms with E-state index < -0.39 is 11.6 Å². The van der Waals surface area contributed by atoms with Crippen LogP contribution in [0.1, 0.15) is 47.7 Å². The van der Waals surface area contributed by atoms with Gasteiger partial charge in [0.05, 0.1) is 14.2 Å². The van der Waals surface area contributed by atoms with Crippen LogP contribution in [0, 0.1) is 6.92 Å². The molecule has 0 unspecified atom stereocenters. The Balaban J connectivity index is 2.00. The van der Waals surface area contributed by atoms with Gasteiger partial charge < -0.3 is 14.4 Å². The average Bonchev–Trinajstić information content (AvgIpc) is 2.87. The first kappa shape index (κ1) is 23.4. The molecule has 1 aromatic heterocycles. The van der Waals surface area contributed by atoms with Gasteiger partial charge in [0.15, 0.2) is 0 Å². The van der Waals surface area contributed by atoms with Crippen molar-refractivity contribution >= 4 is 23.0 Å². The average molecular weight is 461 g/mol. The first-order valence-electron chi connectivity index (χ1n) is 11.4. The smallest absolute Gasteiger partial charge is 0.254 e. The van der Waals surface area contributed by atoms with Gasteiger partial charge in [-0.1, -0.05) is 6.07 Å². The largest absolute Gasteiger partial charge is 0.489 e. The number of pyridine rings is 1. The summed E-state index contributed by atoms with van der Waals surface area (Å²) in [6, 6.07) is 7.26. The molecule has 1 aromatic carbocycles. The maximum atomic E-state index is 13.7. The minimum Gasteiger partial charge on any atom is -0.489 e. The molecular weight excluding hydrogens is 432 g/mol. The number of likely N-dealkylation sites (tertiary alicyclic amines) is 1. The highest BCUT2D eigenvalue weighted by Crippen LogP contribution is 2.40. The number of carbonyl (C=O) groups is 3. The molecule has 0 radical (unpaired) electrons. The minimum atomic E-state index is -0.447. The topological polar surface area (TPSA) is 85.8 Å². The number of carbonyl (C=O) groups excluding carboxylic acids is 3. The molecule has 1 amide bonds. The number of Topliss-reactive ketones (excluding diaryl/α,β-unsaturated/α-hetero) is 2. The molecular formula is C27H28N2O5. The molecule has 1 fully saturated rings. The molecule has 34 heavy (non-hydrogen) atoms. The second kappa shape index (κ2) is 9.63. The van der Waals surface area contributed by atoms with Crippen LogP contribution in [-0.4, -0.2) is 54.7 Å². The summed E-state index contributed by atoms with van der Waals surface area (Å²) in [5.74, 6) is -1.20. The Morgan fingerprint density at radius 3 is 2.09 bits per heavy atom. The predicted molar refractivity (Wildman–Crippen MR) is 128 cm³/mol. The third-order valence-electron chi connectivity index (χ3n) is 6.48. The predicted octanol–water partition coefficient (Wildman–Crippen LogP) is 4.11. The fourth-order valence-electron chi connectivity index (χ4n) is 4.74. The molecule has 2 aromatic rings. The number of ether oxygens (including phenoxy) is 2. The van der Waals surface area contributed by atoms with E-state index in [4.69, 9.17) is 9.47 Å². The van der Waals surface area contributed by atoms with Gasteiger partial charge in [0.1, 0.15) is 0 Å². The number of allylic oxidation sites excluding steroid dienone is 2. The standard InChI is InChI=1S/C27H28N2O5/c1-16-8-9-19(27(32)29-14-6-5-7-15-29)22(18-10-12-28-13-11-18)20(16)21-17(2)23(30)25(33-3)26(34-4)24(21)31/h8-13H,5-7,14-15H2,1-4H3. The highest BCUT2D eigenvalue weighted by molar-refractivity contribution is 6.39. The number of piperidine rings is 1. The van der Waals surface area contributed by atoms with Crippen LogP contribution in [0.25, 0.3) is 16.7 Å². The molecule has 1 saturated heterocycles. The van der Waals surface area contributed by atoms with Crippen LogP contribution in [0.4, 0.5) is 0 Å². The van der Waals surface area contributed by atoms with Crippen LogP contribution in [0.15, 0.2) is 53.8 Å². The van der Waals surface area contributed by atoms with Gasteiger partial charge in [0.25, 0.3) is 5.91 Å². The van der Waals surface area contributed by atoms with E-state index in [9.17, 15) is 14.4 Å². The van der Waals surface area contributed by atoms with Crippen LogP contribution in [0.5, 0.6) is 0 Å². The number of nitrogens with zero attached hydrogens (tertiary/aromatic N) is 2. The van der Waals surface area contributed by atoms with Crippen molar-refractivity contribution in [2.75, 3.05) is 27.3 Å². The molecule has 2 aliphatic rings. The van der Waals surface area contributed by atoms with Crippen LogP contribution in [-0.2, 0) is 19.1 Å². The Kier molecular flexibility index (Phi) is 6.63. The Morgan fingerprint density at radius 1 is 0.853 bits per heavy atom. The van der Waals surface area contributed by atoms with Gasteiger partial charge in [-0.05, 0) is 68.0 Å². The summed E-state index contributed by atoms with van der Waals surface area (Å²) in [7, 11) is 2.67. The van der Waals surface area contributed by atoms with Crippen molar-refractivity contribution in [3.8, 4) is 11.1 Å². The molecule has 7 nitrogen and oxygen atoms in total. The van der Waals surface area contributed by atoms with Crippen LogP contribution < -0.4 is 0 Å².